The summed E-state index contributed by atoms with van der Waals surface area (Å²) in [6, 6.07) is 3.95. The summed E-state index contributed by atoms with van der Waals surface area (Å²) in [6.07, 6.45) is 3.73. The quantitative estimate of drug-likeness (QED) is 0.813. The van der Waals surface area contributed by atoms with Crippen LogP contribution in [0.2, 0.25) is 0 Å². The Balaban J connectivity index is 1.71. The summed E-state index contributed by atoms with van der Waals surface area (Å²) in [7, 11) is 0. The number of hydrogen-bond acceptors (Lipinski definition) is 5. The Morgan fingerprint density at radius 2 is 2.00 bits per heavy atom. The molecule has 2 N–H and O–H groups in total. The van der Waals surface area contributed by atoms with Gasteiger partial charge in [-0.15, -0.1) is 0 Å². The Morgan fingerprint density at radius 3 is 2.78 bits per heavy atom. The molecule has 3 rings (SSSR count). The fourth-order valence-electron chi connectivity index (χ4n) is 2.36. The third-order valence-electron chi connectivity index (χ3n) is 3.38. The van der Waals surface area contributed by atoms with E-state index in [9.17, 15) is 0 Å². The van der Waals surface area contributed by atoms with Crippen molar-refractivity contribution in [2.75, 3.05) is 44.2 Å². The minimum atomic E-state index is 0.736. The molecule has 96 valence electrons. The zero-order chi connectivity index (χ0) is 12.4. The molecule has 1 saturated heterocycles. The molecular weight excluding hydrogens is 228 g/mol. The number of piperazine rings is 1. The van der Waals surface area contributed by atoms with Crippen molar-refractivity contribution in [1.82, 2.24) is 19.5 Å². The van der Waals surface area contributed by atoms with E-state index >= 15 is 0 Å². The van der Waals surface area contributed by atoms with Crippen LogP contribution in [-0.2, 0) is 0 Å². The van der Waals surface area contributed by atoms with Gasteiger partial charge in [-0.2, -0.15) is 5.10 Å². The van der Waals surface area contributed by atoms with Crippen molar-refractivity contribution in [2.45, 2.75) is 0 Å². The molecule has 6 heteroatoms. The Hall–Kier alpha value is -1.66. The van der Waals surface area contributed by atoms with Gasteiger partial charge in [0.2, 0.25) is 0 Å². The molecule has 6 nitrogen and oxygen atoms in total. The molecule has 2 aromatic rings. The Bertz CT molecular complexity index is 514. The molecule has 2 aromatic heterocycles. The first-order valence-corrected chi connectivity index (χ1v) is 6.34. The van der Waals surface area contributed by atoms with Crippen molar-refractivity contribution in [3.05, 3.63) is 24.5 Å². The maximum absolute atomic E-state index is 5.58. The Kier molecular flexibility index (Phi) is 3.12. The number of rotatable bonds is 3. The standard InChI is InChI=1S/C12H18N6/c13-3-6-16-7-9-17(10-8-16)11-2-5-18-12(15-11)1-4-14-18/h1-2,4-5H,3,6-10,13H2. The zero-order valence-corrected chi connectivity index (χ0v) is 10.4. The van der Waals surface area contributed by atoms with E-state index in [1.165, 1.54) is 0 Å². The second kappa shape index (κ2) is 4.91. The fourth-order valence-corrected chi connectivity index (χ4v) is 2.36. The van der Waals surface area contributed by atoms with Crippen LogP contribution in [0.15, 0.2) is 24.5 Å². The van der Waals surface area contributed by atoms with Gasteiger partial charge in [0, 0.05) is 51.5 Å². The SMILES string of the molecule is NCCN1CCN(c2ccn3nccc3n2)CC1. The van der Waals surface area contributed by atoms with Crippen LogP contribution in [0.4, 0.5) is 5.82 Å². The third kappa shape index (κ3) is 2.16. The molecule has 0 amide bonds. The van der Waals surface area contributed by atoms with Crippen LogP contribution in [0, 0.1) is 0 Å². The molecule has 0 saturated carbocycles. The lowest BCUT2D eigenvalue weighted by atomic mass is 10.3. The van der Waals surface area contributed by atoms with E-state index in [1.54, 1.807) is 10.7 Å². The van der Waals surface area contributed by atoms with Crippen molar-refractivity contribution >= 4 is 11.5 Å². The normalized spacial score (nSPS) is 17.5. The molecule has 0 bridgehead atoms. The lowest BCUT2D eigenvalue weighted by Crippen LogP contribution is -2.48. The average molecular weight is 246 g/mol. The van der Waals surface area contributed by atoms with E-state index in [0.717, 1.165) is 50.7 Å². The molecule has 1 aliphatic rings. The molecule has 0 aliphatic carbocycles. The van der Waals surface area contributed by atoms with Crippen molar-refractivity contribution < 1.29 is 0 Å². The lowest BCUT2D eigenvalue weighted by molar-refractivity contribution is 0.264. The van der Waals surface area contributed by atoms with Gasteiger partial charge in [-0.1, -0.05) is 0 Å². The van der Waals surface area contributed by atoms with Gasteiger partial charge in [0.15, 0.2) is 5.65 Å². The summed E-state index contributed by atoms with van der Waals surface area (Å²) in [5.41, 5.74) is 6.48. The first kappa shape index (κ1) is 11.4. The van der Waals surface area contributed by atoms with Crippen molar-refractivity contribution in [3.8, 4) is 0 Å². The van der Waals surface area contributed by atoms with Crippen LogP contribution < -0.4 is 10.6 Å². The molecule has 0 unspecified atom stereocenters. The van der Waals surface area contributed by atoms with E-state index in [1.807, 2.05) is 18.3 Å². The van der Waals surface area contributed by atoms with Crippen LogP contribution in [0.1, 0.15) is 0 Å². The number of fused-ring (bicyclic) bond motifs is 1. The molecule has 0 radical (unpaired) electrons. The summed E-state index contributed by atoms with van der Waals surface area (Å²) in [5, 5.41) is 4.15. The van der Waals surface area contributed by atoms with Gasteiger partial charge in [0.25, 0.3) is 0 Å². The molecule has 3 heterocycles. The predicted octanol–water partition coefficient (Wildman–Crippen LogP) is -0.190. The maximum atomic E-state index is 5.58. The van der Waals surface area contributed by atoms with Crippen LogP contribution in [0.25, 0.3) is 5.65 Å². The van der Waals surface area contributed by atoms with Crippen molar-refractivity contribution in [1.29, 1.82) is 0 Å². The second-order valence-corrected chi connectivity index (χ2v) is 4.54. The largest absolute Gasteiger partial charge is 0.354 e. The number of nitrogens with zero attached hydrogens (tertiary/aromatic N) is 5. The van der Waals surface area contributed by atoms with Gasteiger partial charge >= 0.3 is 0 Å². The maximum Gasteiger partial charge on any atom is 0.157 e. The molecule has 1 aliphatic heterocycles. The topological polar surface area (TPSA) is 62.7 Å². The molecule has 18 heavy (non-hydrogen) atoms. The van der Waals surface area contributed by atoms with Gasteiger partial charge < -0.3 is 10.6 Å². The van der Waals surface area contributed by atoms with Crippen molar-refractivity contribution in [2.24, 2.45) is 5.73 Å². The van der Waals surface area contributed by atoms with Gasteiger partial charge in [-0.25, -0.2) is 9.50 Å². The average Bonchev–Trinajstić information content (AvgIpc) is 2.87. The molecule has 0 aromatic carbocycles. The van der Waals surface area contributed by atoms with Gasteiger partial charge in [0.05, 0.1) is 6.20 Å². The smallest absolute Gasteiger partial charge is 0.157 e. The van der Waals surface area contributed by atoms with Gasteiger partial charge in [0.1, 0.15) is 5.82 Å². The highest BCUT2D eigenvalue weighted by Gasteiger charge is 2.17. The van der Waals surface area contributed by atoms with Crippen LogP contribution in [-0.4, -0.2) is 58.8 Å². The van der Waals surface area contributed by atoms with Gasteiger partial charge in [-0.3, -0.25) is 4.90 Å². The summed E-state index contributed by atoms with van der Waals surface area (Å²) in [6.45, 7) is 5.87. The minimum Gasteiger partial charge on any atom is -0.354 e. The van der Waals surface area contributed by atoms with E-state index in [-0.39, 0.29) is 0 Å². The van der Waals surface area contributed by atoms with Gasteiger partial charge in [-0.05, 0) is 6.07 Å². The first-order chi connectivity index (χ1) is 8.86. The molecule has 0 spiro atoms. The zero-order valence-electron chi connectivity index (χ0n) is 10.4. The molecule has 0 atom stereocenters. The highest BCUT2D eigenvalue weighted by molar-refractivity contribution is 5.47. The van der Waals surface area contributed by atoms with E-state index in [2.05, 4.69) is 19.9 Å². The monoisotopic (exact) mass is 246 g/mol. The van der Waals surface area contributed by atoms with Crippen LogP contribution in [0.5, 0.6) is 0 Å². The number of aromatic nitrogens is 3. The summed E-state index contributed by atoms with van der Waals surface area (Å²) < 4.78 is 1.79. The Morgan fingerprint density at radius 1 is 1.17 bits per heavy atom. The summed E-state index contributed by atoms with van der Waals surface area (Å²) in [4.78, 5) is 9.33. The second-order valence-electron chi connectivity index (χ2n) is 4.54. The minimum absolute atomic E-state index is 0.736. The third-order valence-corrected chi connectivity index (χ3v) is 3.38. The van der Waals surface area contributed by atoms with E-state index in [0.29, 0.717) is 0 Å². The Labute approximate surface area is 106 Å². The first-order valence-electron chi connectivity index (χ1n) is 6.34. The number of anilines is 1. The molecular formula is C12H18N6. The highest BCUT2D eigenvalue weighted by atomic mass is 15.3. The highest BCUT2D eigenvalue weighted by Crippen LogP contribution is 2.14. The molecule has 1 fully saturated rings. The fraction of sp³-hybridized carbons (Fsp3) is 0.500. The van der Waals surface area contributed by atoms with Crippen LogP contribution >= 0.6 is 0 Å². The summed E-state index contributed by atoms with van der Waals surface area (Å²) in [5.74, 6) is 1.04. The van der Waals surface area contributed by atoms with Crippen molar-refractivity contribution in [3.63, 3.8) is 0 Å². The number of nitrogens with two attached hydrogens (primary N) is 1. The lowest BCUT2D eigenvalue weighted by Gasteiger charge is -2.35. The van der Waals surface area contributed by atoms with E-state index in [4.69, 9.17) is 5.73 Å². The van der Waals surface area contributed by atoms with Crippen LogP contribution in [0.3, 0.4) is 0 Å². The summed E-state index contributed by atoms with van der Waals surface area (Å²) >= 11 is 0. The number of hydrogen-bond donors (Lipinski definition) is 1. The van der Waals surface area contributed by atoms with E-state index < -0.39 is 0 Å². The predicted molar refractivity (Wildman–Crippen MR) is 70.7 cm³/mol.